The van der Waals surface area contributed by atoms with Crippen LogP contribution >= 0.6 is 0 Å². The van der Waals surface area contributed by atoms with Crippen molar-refractivity contribution in [2.45, 2.75) is 65.8 Å². The molecule has 40 heavy (non-hydrogen) atoms. The van der Waals surface area contributed by atoms with Crippen LogP contribution in [0.15, 0.2) is 54.6 Å². The van der Waals surface area contributed by atoms with Crippen molar-refractivity contribution in [1.82, 2.24) is 5.32 Å². The summed E-state index contributed by atoms with van der Waals surface area (Å²) in [6.45, 7) is 7.69. The van der Waals surface area contributed by atoms with Gasteiger partial charge in [-0.25, -0.2) is 14.0 Å². The van der Waals surface area contributed by atoms with Crippen molar-refractivity contribution >= 4 is 29.3 Å². The number of urea groups is 1. The molecule has 0 aromatic heterocycles. The van der Waals surface area contributed by atoms with E-state index in [1.54, 1.807) is 30.3 Å². The molecule has 3 aromatic carbocycles. The second-order valence-electron chi connectivity index (χ2n) is 11.1. The lowest BCUT2D eigenvalue weighted by molar-refractivity contribution is -0.143. The van der Waals surface area contributed by atoms with Gasteiger partial charge in [-0.15, -0.1) is 0 Å². The van der Waals surface area contributed by atoms with Gasteiger partial charge in [0.15, 0.2) is 0 Å². The molecule has 210 valence electrons. The van der Waals surface area contributed by atoms with Crippen molar-refractivity contribution in [2.24, 2.45) is 5.41 Å². The maximum atomic E-state index is 13.5. The molecule has 0 heterocycles. The summed E-state index contributed by atoms with van der Waals surface area (Å²) < 4.78 is 13.5. The molecule has 8 heteroatoms. The molecule has 1 aliphatic rings. The van der Waals surface area contributed by atoms with Crippen molar-refractivity contribution in [3.05, 3.63) is 82.7 Å². The Morgan fingerprint density at radius 1 is 0.850 bits per heavy atom. The number of halogens is 1. The third kappa shape index (κ3) is 6.50. The summed E-state index contributed by atoms with van der Waals surface area (Å²) in [5, 5.41) is 18.4. The first kappa shape index (κ1) is 28.8. The van der Waals surface area contributed by atoms with Gasteiger partial charge < -0.3 is 21.1 Å². The van der Waals surface area contributed by atoms with E-state index in [0.29, 0.717) is 29.7 Å². The van der Waals surface area contributed by atoms with Gasteiger partial charge in [-0.05, 0) is 85.5 Å². The van der Waals surface area contributed by atoms with E-state index in [4.69, 9.17) is 0 Å². The summed E-state index contributed by atoms with van der Waals surface area (Å²) in [7, 11) is 0. The van der Waals surface area contributed by atoms with Gasteiger partial charge in [-0.1, -0.05) is 62.1 Å². The SMILES string of the molecule is Cc1cc(C)c(NC(=O)Nc2cc(-c3ccc(F)cc3)ccc2C(=O)N[C@H](C(=O)O)C2(C)CCCCC2)c(C)c1. The van der Waals surface area contributed by atoms with Crippen LogP contribution in [0.5, 0.6) is 0 Å². The number of carboxylic acid groups (broad SMARTS) is 1. The summed E-state index contributed by atoms with van der Waals surface area (Å²) in [5.74, 6) is -2.06. The predicted octanol–water partition coefficient (Wildman–Crippen LogP) is 7.22. The third-order valence-electron chi connectivity index (χ3n) is 7.82. The number of amides is 3. The van der Waals surface area contributed by atoms with E-state index in [2.05, 4.69) is 16.0 Å². The van der Waals surface area contributed by atoms with E-state index in [-0.39, 0.29) is 17.1 Å². The van der Waals surface area contributed by atoms with Crippen molar-refractivity contribution in [3.63, 3.8) is 0 Å². The number of anilines is 2. The molecule has 0 spiro atoms. The zero-order valence-corrected chi connectivity index (χ0v) is 23.4. The van der Waals surface area contributed by atoms with E-state index in [9.17, 15) is 23.9 Å². The molecule has 4 rings (SSSR count). The molecule has 3 amide bonds. The third-order valence-corrected chi connectivity index (χ3v) is 7.82. The lowest BCUT2D eigenvalue weighted by Crippen LogP contribution is -2.52. The summed E-state index contributed by atoms with van der Waals surface area (Å²) in [6.07, 6.45) is 4.28. The Morgan fingerprint density at radius 2 is 1.45 bits per heavy atom. The first-order valence-corrected chi connectivity index (χ1v) is 13.6. The highest BCUT2D eigenvalue weighted by molar-refractivity contribution is 6.08. The minimum absolute atomic E-state index is 0.129. The molecule has 0 unspecified atom stereocenters. The molecule has 4 N–H and O–H groups in total. The van der Waals surface area contributed by atoms with Crippen LogP contribution in [0.2, 0.25) is 0 Å². The average Bonchev–Trinajstić information content (AvgIpc) is 2.89. The number of rotatable bonds is 7. The van der Waals surface area contributed by atoms with Crippen LogP contribution < -0.4 is 16.0 Å². The summed E-state index contributed by atoms with van der Waals surface area (Å²) in [5.41, 5.74) is 4.65. The first-order valence-electron chi connectivity index (χ1n) is 13.6. The van der Waals surface area contributed by atoms with Gasteiger partial charge in [0.05, 0.1) is 11.3 Å². The van der Waals surface area contributed by atoms with E-state index < -0.39 is 29.4 Å². The second kappa shape index (κ2) is 11.9. The minimum atomic E-state index is -1.08. The zero-order chi connectivity index (χ0) is 29.0. The summed E-state index contributed by atoms with van der Waals surface area (Å²) >= 11 is 0. The Bertz CT molecular complexity index is 1410. The highest BCUT2D eigenvalue weighted by Gasteiger charge is 2.41. The van der Waals surface area contributed by atoms with Crippen LogP contribution in [0.1, 0.15) is 66.1 Å². The molecule has 7 nitrogen and oxygen atoms in total. The van der Waals surface area contributed by atoms with E-state index in [1.165, 1.54) is 12.1 Å². The molecular formula is C32H36FN3O4. The van der Waals surface area contributed by atoms with Crippen molar-refractivity contribution in [3.8, 4) is 11.1 Å². The van der Waals surface area contributed by atoms with Crippen LogP contribution in [0.25, 0.3) is 11.1 Å². The monoisotopic (exact) mass is 545 g/mol. The highest BCUT2D eigenvalue weighted by atomic mass is 19.1. The molecule has 1 atom stereocenters. The Morgan fingerprint density at radius 3 is 2.05 bits per heavy atom. The molecule has 1 aliphatic carbocycles. The van der Waals surface area contributed by atoms with E-state index in [0.717, 1.165) is 36.0 Å². The van der Waals surface area contributed by atoms with Crippen LogP contribution in [0.3, 0.4) is 0 Å². The zero-order valence-electron chi connectivity index (χ0n) is 23.4. The van der Waals surface area contributed by atoms with Gasteiger partial charge in [0, 0.05) is 5.69 Å². The quantitative estimate of drug-likeness (QED) is 0.251. The first-order chi connectivity index (χ1) is 19.0. The van der Waals surface area contributed by atoms with Crippen molar-refractivity contribution in [1.29, 1.82) is 0 Å². The predicted molar refractivity (Wildman–Crippen MR) is 155 cm³/mol. The smallest absolute Gasteiger partial charge is 0.326 e. The lowest BCUT2D eigenvalue weighted by atomic mass is 9.70. The van der Waals surface area contributed by atoms with Gasteiger partial charge in [0.25, 0.3) is 5.91 Å². The van der Waals surface area contributed by atoms with Crippen LogP contribution in [-0.2, 0) is 4.79 Å². The van der Waals surface area contributed by atoms with Crippen molar-refractivity contribution in [2.75, 3.05) is 10.6 Å². The number of nitrogens with one attached hydrogen (secondary N) is 3. The van der Waals surface area contributed by atoms with E-state index in [1.807, 2.05) is 39.8 Å². The average molecular weight is 546 g/mol. The molecule has 0 saturated heterocycles. The molecule has 0 radical (unpaired) electrons. The van der Waals surface area contributed by atoms with Crippen LogP contribution in [-0.4, -0.2) is 29.1 Å². The number of carboxylic acids is 1. The fourth-order valence-corrected chi connectivity index (χ4v) is 5.70. The Hall–Kier alpha value is -4.20. The molecular weight excluding hydrogens is 509 g/mol. The number of hydrogen-bond acceptors (Lipinski definition) is 3. The highest BCUT2D eigenvalue weighted by Crippen LogP contribution is 2.39. The molecule has 1 saturated carbocycles. The van der Waals surface area contributed by atoms with Gasteiger partial charge in [0.2, 0.25) is 0 Å². The summed E-state index contributed by atoms with van der Waals surface area (Å²) in [4.78, 5) is 39.0. The molecule has 3 aromatic rings. The lowest BCUT2D eigenvalue weighted by Gasteiger charge is -2.38. The summed E-state index contributed by atoms with van der Waals surface area (Å²) in [6, 6.07) is 13.1. The second-order valence-corrected chi connectivity index (χ2v) is 11.1. The standard InChI is InChI=1S/C32H36FN3O4/c1-19-16-20(2)27(21(3)17-19)35-31(40)34-26-18-23(22-8-11-24(33)12-9-22)10-13-25(26)29(37)36-28(30(38)39)32(4)14-6-5-7-15-32/h8-13,16-18,28H,5-7,14-15H2,1-4H3,(H,36,37)(H,38,39)(H2,34,35,40)/t28-/m1/s1. The van der Waals surface area contributed by atoms with Gasteiger partial charge in [-0.2, -0.15) is 0 Å². The Labute approximate surface area is 234 Å². The number of aliphatic carboxylic acids is 1. The topological polar surface area (TPSA) is 108 Å². The Balaban J connectivity index is 1.67. The number of benzene rings is 3. The fourth-order valence-electron chi connectivity index (χ4n) is 5.70. The molecule has 0 bridgehead atoms. The molecule has 1 fully saturated rings. The molecule has 0 aliphatic heterocycles. The number of carbonyl (C=O) groups excluding carboxylic acids is 2. The fraction of sp³-hybridized carbons (Fsp3) is 0.344. The van der Waals surface area contributed by atoms with Crippen molar-refractivity contribution < 1.29 is 23.9 Å². The van der Waals surface area contributed by atoms with E-state index >= 15 is 0 Å². The number of carbonyl (C=O) groups is 3. The van der Waals surface area contributed by atoms with Crippen LogP contribution in [0, 0.1) is 32.0 Å². The van der Waals surface area contributed by atoms with Crippen LogP contribution in [0.4, 0.5) is 20.6 Å². The normalized spacial score (nSPS) is 15.1. The number of aryl methyl sites for hydroxylation is 3. The maximum Gasteiger partial charge on any atom is 0.326 e. The van der Waals surface area contributed by atoms with Gasteiger partial charge >= 0.3 is 12.0 Å². The Kier molecular flexibility index (Phi) is 8.57. The van der Waals surface area contributed by atoms with Gasteiger partial charge in [0.1, 0.15) is 11.9 Å². The maximum absolute atomic E-state index is 13.5. The number of hydrogen-bond donors (Lipinski definition) is 4. The van der Waals surface area contributed by atoms with Gasteiger partial charge in [-0.3, -0.25) is 4.79 Å². The largest absolute Gasteiger partial charge is 0.480 e. The minimum Gasteiger partial charge on any atom is -0.480 e.